The van der Waals surface area contributed by atoms with E-state index in [1.165, 1.54) is 35.3 Å². The molecule has 2 aromatic rings. The summed E-state index contributed by atoms with van der Waals surface area (Å²) in [4.78, 5) is 40.4. The number of nitro benzene ring substituents is 1. The molecule has 2 atom stereocenters. The number of nitrogens with zero attached hydrogens (tertiary/aromatic N) is 3. The first-order chi connectivity index (χ1) is 11.4. The molecule has 2 unspecified atom stereocenters. The number of rotatable bonds is 4. The monoisotopic (exact) mass is 349 g/mol. The van der Waals surface area contributed by atoms with Crippen LogP contribution in [0.1, 0.15) is 17.3 Å². The van der Waals surface area contributed by atoms with E-state index in [1.807, 2.05) is 0 Å². The molecule has 0 spiro atoms. The number of nitrogens with one attached hydrogen (secondary N) is 2. The SMILES string of the molecule is Cc1cc(=O)[nH]c(NN2C(Cl)C(=O)C2c2ccc([N+](=O)[O-])cc2)n1. The van der Waals surface area contributed by atoms with E-state index in [4.69, 9.17) is 11.6 Å². The van der Waals surface area contributed by atoms with Gasteiger partial charge in [0.05, 0.1) is 4.92 Å². The molecular weight excluding hydrogens is 338 g/mol. The molecule has 1 aliphatic heterocycles. The zero-order valence-corrected chi connectivity index (χ0v) is 13.1. The van der Waals surface area contributed by atoms with Gasteiger partial charge in [0.15, 0.2) is 11.3 Å². The van der Waals surface area contributed by atoms with Crippen LogP contribution in [0.2, 0.25) is 0 Å². The molecule has 1 fully saturated rings. The normalized spacial score (nSPS) is 20.5. The molecule has 0 saturated carbocycles. The molecule has 3 rings (SSSR count). The standard InChI is InChI=1S/C14H12ClN5O4/c1-7-6-10(21)17-14(16-7)18-19-11(12(22)13(19)15)8-2-4-9(5-3-8)20(23)24/h2-6,11,13H,1H3,(H2,16,17,18,21). The second kappa shape index (κ2) is 6.02. The van der Waals surface area contributed by atoms with E-state index >= 15 is 0 Å². The third-order valence-electron chi connectivity index (χ3n) is 3.55. The zero-order valence-electron chi connectivity index (χ0n) is 12.4. The topological polar surface area (TPSA) is 121 Å². The number of aryl methyl sites for hydroxylation is 1. The molecule has 2 N–H and O–H groups in total. The number of nitro groups is 1. The third-order valence-corrected chi connectivity index (χ3v) is 3.98. The Morgan fingerprint density at radius 2 is 2.00 bits per heavy atom. The summed E-state index contributed by atoms with van der Waals surface area (Å²) in [5, 5.41) is 12.1. The highest BCUT2D eigenvalue weighted by Gasteiger charge is 2.48. The van der Waals surface area contributed by atoms with Gasteiger partial charge in [0.1, 0.15) is 6.04 Å². The van der Waals surface area contributed by atoms with E-state index in [9.17, 15) is 19.7 Å². The number of non-ortho nitro benzene ring substituents is 1. The van der Waals surface area contributed by atoms with Gasteiger partial charge in [-0.05, 0) is 12.5 Å². The van der Waals surface area contributed by atoms with Crippen molar-refractivity contribution in [2.45, 2.75) is 18.5 Å². The highest BCUT2D eigenvalue weighted by atomic mass is 35.5. The summed E-state index contributed by atoms with van der Waals surface area (Å²) in [6, 6.07) is 6.22. The predicted octanol–water partition coefficient (Wildman–Crippen LogP) is 1.50. The van der Waals surface area contributed by atoms with Crippen LogP contribution in [0.25, 0.3) is 0 Å². The van der Waals surface area contributed by atoms with Crippen LogP contribution in [-0.4, -0.2) is 31.2 Å². The van der Waals surface area contributed by atoms with Crippen molar-refractivity contribution in [3.05, 3.63) is 62.1 Å². The van der Waals surface area contributed by atoms with Gasteiger partial charge >= 0.3 is 0 Å². The lowest BCUT2D eigenvalue weighted by molar-refractivity contribution is -0.384. The number of aromatic amines is 1. The number of carbonyl (C=O) groups is 1. The number of ketones is 1. The molecule has 1 aromatic heterocycles. The lowest BCUT2D eigenvalue weighted by Gasteiger charge is -2.43. The van der Waals surface area contributed by atoms with Crippen molar-refractivity contribution < 1.29 is 9.72 Å². The number of anilines is 1. The average molecular weight is 350 g/mol. The van der Waals surface area contributed by atoms with Crippen molar-refractivity contribution in [2.24, 2.45) is 0 Å². The summed E-state index contributed by atoms with van der Waals surface area (Å²) in [7, 11) is 0. The molecule has 2 heterocycles. The summed E-state index contributed by atoms with van der Waals surface area (Å²) < 4.78 is 0. The summed E-state index contributed by atoms with van der Waals surface area (Å²) in [5.41, 5.74) is 2.51. The molecule has 124 valence electrons. The van der Waals surface area contributed by atoms with Crippen LogP contribution in [0, 0.1) is 17.0 Å². The highest BCUT2D eigenvalue weighted by molar-refractivity contribution is 6.34. The Morgan fingerprint density at radius 1 is 1.33 bits per heavy atom. The fraction of sp³-hybridized carbons (Fsp3) is 0.214. The Bertz CT molecular complexity index is 866. The first-order valence-electron chi connectivity index (χ1n) is 6.92. The number of Topliss-reactive ketones (excluding diaryl/α,β-unsaturated/α-hetero) is 1. The molecule has 1 aliphatic rings. The maximum absolute atomic E-state index is 12.1. The summed E-state index contributed by atoms with van der Waals surface area (Å²) in [6.45, 7) is 1.66. The summed E-state index contributed by atoms with van der Waals surface area (Å²) >= 11 is 6.01. The number of hydrogen-bond acceptors (Lipinski definition) is 7. The van der Waals surface area contributed by atoms with Crippen LogP contribution in [0.4, 0.5) is 11.6 Å². The van der Waals surface area contributed by atoms with Gasteiger partial charge in [0.25, 0.3) is 11.2 Å². The largest absolute Gasteiger partial charge is 0.294 e. The molecule has 1 aromatic carbocycles. The van der Waals surface area contributed by atoms with E-state index in [2.05, 4.69) is 15.4 Å². The van der Waals surface area contributed by atoms with Gasteiger partial charge < -0.3 is 0 Å². The summed E-state index contributed by atoms with van der Waals surface area (Å²) in [5.74, 6) is -0.0990. The molecule has 0 amide bonds. The number of hydrogen-bond donors (Lipinski definition) is 2. The Balaban J connectivity index is 1.85. The average Bonchev–Trinajstić information content (AvgIpc) is 2.53. The Kier molecular flexibility index (Phi) is 4.04. The van der Waals surface area contributed by atoms with Gasteiger partial charge in [-0.2, -0.15) is 5.01 Å². The summed E-state index contributed by atoms with van der Waals surface area (Å²) in [6.07, 6.45) is 0. The lowest BCUT2D eigenvalue weighted by atomic mass is 9.95. The smallest absolute Gasteiger partial charge is 0.269 e. The number of carbonyl (C=O) groups excluding carboxylic acids is 1. The molecule has 0 bridgehead atoms. The maximum Gasteiger partial charge on any atom is 0.269 e. The minimum Gasteiger partial charge on any atom is -0.294 e. The van der Waals surface area contributed by atoms with Gasteiger partial charge in [-0.3, -0.25) is 30.1 Å². The van der Waals surface area contributed by atoms with Crippen LogP contribution in [-0.2, 0) is 4.79 Å². The van der Waals surface area contributed by atoms with Crippen molar-refractivity contribution in [1.82, 2.24) is 15.0 Å². The number of halogens is 1. The molecule has 0 aliphatic carbocycles. The Morgan fingerprint density at radius 3 is 2.58 bits per heavy atom. The molecule has 1 saturated heterocycles. The van der Waals surface area contributed by atoms with Crippen molar-refractivity contribution in [2.75, 3.05) is 5.43 Å². The fourth-order valence-corrected chi connectivity index (χ4v) is 2.71. The number of aromatic nitrogens is 2. The van der Waals surface area contributed by atoms with Crippen molar-refractivity contribution >= 4 is 29.0 Å². The van der Waals surface area contributed by atoms with Crippen LogP contribution < -0.4 is 11.0 Å². The molecule has 24 heavy (non-hydrogen) atoms. The zero-order chi connectivity index (χ0) is 17.4. The van der Waals surface area contributed by atoms with Crippen LogP contribution in [0.5, 0.6) is 0 Å². The number of benzene rings is 1. The quantitative estimate of drug-likeness (QED) is 0.371. The molecule has 10 heteroatoms. The van der Waals surface area contributed by atoms with E-state index in [0.717, 1.165) is 0 Å². The van der Waals surface area contributed by atoms with Gasteiger partial charge in [0.2, 0.25) is 5.95 Å². The maximum atomic E-state index is 12.1. The van der Waals surface area contributed by atoms with E-state index in [-0.39, 0.29) is 23.0 Å². The second-order valence-corrected chi connectivity index (χ2v) is 5.66. The number of alkyl halides is 1. The Hall–Kier alpha value is -2.78. The first-order valence-corrected chi connectivity index (χ1v) is 7.35. The van der Waals surface area contributed by atoms with Gasteiger partial charge in [-0.25, -0.2) is 4.98 Å². The van der Waals surface area contributed by atoms with Crippen molar-refractivity contribution in [3.8, 4) is 0 Å². The first kappa shape index (κ1) is 16.1. The van der Waals surface area contributed by atoms with Crippen LogP contribution in [0.3, 0.4) is 0 Å². The number of H-pyrrole nitrogens is 1. The van der Waals surface area contributed by atoms with E-state index in [1.54, 1.807) is 6.92 Å². The number of hydrazine groups is 1. The third kappa shape index (κ3) is 2.86. The van der Waals surface area contributed by atoms with E-state index in [0.29, 0.717) is 11.3 Å². The molecular formula is C14H12ClN5O4. The molecule has 9 nitrogen and oxygen atoms in total. The highest BCUT2D eigenvalue weighted by Crippen LogP contribution is 2.37. The van der Waals surface area contributed by atoms with Gasteiger partial charge in [0, 0.05) is 23.9 Å². The van der Waals surface area contributed by atoms with Gasteiger partial charge in [-0.15, -0.1) is 0 Å². The fourth-order valence-electron chi connectivity index (χ4n) is 2.43. The van der Waals surface area contributed by atoms with Gasteiger partial charge in [-0.1, -0.05) is 23.7 Å². The van der Waals surface area contributed by atoms with Crippen molar-refractivity contribution in [3.63, 3.8) is 0 Å². The minimum atomic E-state index is -0.934. The Labute approximate surface area is 140 Å². The predicted molar refractivity (Wildman–Crippen MR) is 85.5 cm³/mol. The van der Waals surface area contributed by atoms with Crippen LogP contribution in [0.15, 0.2) is 35.1 Å². The minimum absolute atomic E-state index is 0.0721. The second-order valence-electron chi connectivity index (χ2n) is 5.24. The van der Waals surface area contributed by atoms with E-state index < -0.39 is 16.5 Å². The van der Waals surface area contributed by atoms with Crippen molar-refractivity contribution in [1.29, 1.82) is 0 Å². The molecule has 0 radical (unpaired) electrons. The lowest BCUT2D eigenvalue weighted by Crippen LogP contribution is -2.59. The van der Waals surface area contributed by atoms with Crippen LogP contribution >= 0.6 is 11.6 Å².